The highest BCUT2D eigenvalue weighted by Gasteiger charge is 2.28. The SMILES string of the molecule is Cc1ccc(Cl)cc1N/C=C/C1CCC(C)C1=O. The summed E-state index contributed by atoms with van der Waals surface area (Å²) in [6.07, 6.45) is 5.79. The molecule has 0 saturated heterocycles. The Morgan fingerprint density at radius 2 is 2.17 bits per heavy atom. The first-order valence-electron chi connectivity index (χ1n) is 6.31. The van der Waals surface area contributed by atoms with Gasteiger partial charge in [-0.15, -0.1) is 0 Å². The van der Waals surface area contributed by atoms with Crippen molar-refractivity contribution in [3.63, 3.8) is 0 Å². The molecule has 2 atom stereocenters. The van der Waals surface area contributed by atoms with E-state index >= 15 is 0 Å². The minimum Gasteiger partial charge on any atom is -0.362 e. The Morgan fingerprint density at radius 1 is 1.39 bits per heavy atom. The molecule has 2 rings (SSSR count). The van der Waals surface area contributed by atoms with Crippen LogP contribution in [-0.2, 0) is 4.79 Å². The average Bonchev–Trinajstić information content (AvgIpc) is 2.65. The van der Waals surface area contributed by atoms with E-state index in [1.54, 1.807) is 0 Å². The maximum absolute atomic E-state index is 11.8. The van der Waals surface area contributed by atoms with Crippen LogP contribution in [-0.4, -0.2) is 5.78 Å². The fraction of sp³-hybridized carbons (Fsp3) is 0.400. The summed E-state index contributed by atoms with van der Waals surface area (Å²) >= 11 is 5.95. The minimum absolute atomic E-state index is 0.0759. The number of ketones is 1. The quantitative estimate of drug-likeness (QED) is 0.886. The normalized spacial score (nSPS) is 23.8. The molecule has 1 aromatic carbocycles. The molecule has 1 aliphatic rings. The van der Waals surface area contributed by atoms with Crippen LogP contribution >= 0.6 is 11.6 Å². The van der Waals surface area contributed by atoms with Gasteiger partial charge in [0, 0.05) is 22.5 Å². The Kier molecular flexibility index (Phi) is 4.07. The van der Waals surface area contributed by atoms with Crippen LogP contribution in [0, 0.1) is 18.8 Å². The Morgan fingerprint density at radius 3 is 2.83 bits per heavy atom. The number of carbonyl (C=O) groups excluding carboxylic acids is 1. The fourth-order valence-corrected chi connectivity index (χ4v) is 2.45. The van der Waals surface area contributed by atoms with Gasteiger partial charge in [0.1, 0.15) is 5.78 Å². The molecule has 0 heterocycles. The number of anilines is 1. The van der Waals surface area contributed by atoms with Crippen LogP contribution in [0.1, 0.15) is 25.3 Å². The van der Waals surface area contributed by atoms with E-state index in [1.165, 1.54) is 0 Å². The van der Waals surface area contributed by atoms with Gasteiger partial charge >= 0.3 is 0 Å². The summed E-state index contributed by atoms with van der Waals surface area (Å²) in [7, 11) is 0. The number of allylic oxidation sites excluding steroid dienone is 1. The van der Waals surface area contributed by atoms with Crippen molar-refractivity contribution in [1.82, 2.24) is 0 Å². The van der Waals surface area contributed by atoms with Crippen LogP contribution in [0.5, 0.6) is 0 Å². The summed E-state index contributed by atoms with van der Waals surface area (Å²) in [5.41, 5.74) is 2.12. The van der Waals surface area contributed by atoms with Gasteiger partial charge in [-0.1, -0.05) is 30.7 Å². The fourth-order valence-electron chi connectivity index (χ4n) is 2.27. The van der Waals surface area contributed by atoms with Crippen molar-refractivity contribution in [3.05, 3.63) is 41.1 Å². The van der Waals surface area contributed by atoms with Gasteiger partial charge < -0.3 is 5.32 Å². The van der Waals surface area contributed by atoms with Crippen molar-refractivity contribution >= 4 is 23.1 Å². The number of rotatable bonds is 3. The van der Waals surface area contributed by atoms with Crippen LogP contribution in [0.25, 0.3) is 0 Å². The predicted octanol–water partition coefficient (Wildman–Crippen LogP) is 4.19. The second kappa shape index (κ2) is 5.57. The molecule has 0 bridgehead atoms. The van der Waals surface area contributed by atoms with Crippen molar-refractivity contribution in [2.24, 2.45) is 11.8 Å². The zero-order valence-corrected chi connectivity index (χ0v) is 11.5. The first kappa shape index (κ1) is 13.2. The third kappa shape index (κ3) is 2.94. The van der Waals surface area contributed by atoms with Crippen LogP contribution < -0.4 is 5.32 Å². The molecule has 0 spiro atoms. The lowest BCUT2D eigenvalue weighted by atomic mass is 10.0. The molecule has 96 valence electrons. The largest absolute Gasteiger partial charge is 0.362 e. The van der Waals surface area contributed by atoms with Gasteiger partial charge in [0.15, 0.2) is 0 Å². The number of halogens is 1. The molecule has 1 saturated carbocycles. The molecule has 1 aliphatic carbocycles. The summed E-state index contributed by atoms with van der Waals surface area (Å²) in [6, 6.07) is 5.73. The predicted molar refractivity (Wildman–Crippen MR) is 75.8 cm³/mol. The monoisotopic (exact) mass is 263 g/mol. The summed E-state index contributed by atoms with van der Waals surface area (Å²) in [6.45, 7) is 4.03. The second-order valence-electron chi connectivity index (χ2n) is 4.95. The van der Waals surface area contributed by atoms with Crippen LogP contribution in [0.15, 0.2) is 30.5 Å². The maximum atomic E-state index is 11.8. The lowest BCUT2D eigenvalue weighted by molar-refractivity contribution is -0.122. The third-order valence-electron chi connectivity index (χ3n) is 3.53. The van der Waals surface area contributed by atoms with Gasteiger partial charge in [-0.25, -0.2) is 0 Å². The Labute approximate surface area is 113 Å². The molecule has 0 amide bonds. The summed E-state index contributed by atoms with van der Waals surface area (Å²) in [5.74, 6) is 0.649. The lowest BCUT2D eigenvalue weighted by Crippen LogP contribution is -2.09. The van der Waals surface area contributed by atoms with Gasteiger partial charge in [-0.05, 0) is 43.7 Å². The summed E-state index contributed by atoms with van der Waals surface area (Å²) in [4.78, 5) is 11.8. The van der Waals surface area contributed by atoms with E-state index in [-0.39, 0.29) is 11.8 Å². The second-order valence-corrected chi connectivity index (χ2v) is 5.39. The van der Waals surface area contributed by atoms with Crippen molar-refractivity contribution in [2.75, 3.05) is 5.32 Å². The molecule has 2 unspecified atom stereocenters. The zero-order valence-electron chi connectivity index (χ0n) is 10.7. The molecule has 18 heavy (non-hydrogen) atoms. The summed E-state index contributed by atoms with van der Waals surface area (Å²) < 4.78 is 0. The molecule has 1 fully saturated rings. The average molecular weight is 264 g/mol. The van der Waals surface area contributed by atoms with Crippen molar-refractivity contribution in [1.29, 1.82) is 0 Å². The van der Waals surface area contributed by atoms with Gasteiger partial charge in [-0.3, -0.25) is 4.79 Å². The molecular weight excluding hydrogens is 246 g/mol. The first-order valence-corrected chi connectivity index (χ1v) is 6.69. The van der Waals surface area contributed by atoms with Gasteiger partial charge in [0.25, 0.3) is 0 Å². The van der Waals surface area contributed by atoms with Gasteiger partial charge in [0.2, 0.25) is 0 Å². The third-order valence-corrected chi connectivity index (χ3v) is 3.76. The molecule has 2 nitrogen and oxygen atoms in total. The van der Waals surface area contributed by atoms with Crippen LogP contribution in [0.3, 0.4) is 0 Å². The maximum Gasteiger partial charge on any atom is 0.142 e. The smallest absolute Gasteiger partial charge is 0.142 e. The van der Waals surface area contributed by atoms with E-state index in [2.05, 4.69) is 5.32 Å². The van der Waals surface area contributed by atoms with Crippen molar-refractivity contribution < 1.29 is 4.79 Å². The van der Waals surface area contributed by atoms with E-state index in [0.717, 1.165) is 24.1 Å². The highest BCUT2D eigenvalue weighted by Crippen LogP contribution is 2.28. The zero-order chi connectivity index (χ0) is 13.1. The highest BCUT2D eigenvalue weighted by atomic mass is 35.5. The van der Waals surface area contributed by atoms with E-state index in [9.17, 15) is 4.79 Å². The van der Waals surface area contributed by atoms with E-state index in [1.807, 2.05) is 44.3 Å². The number of aryl methyl sites for hydroxylation is 1. The summed E-state index contributed by atoms with van der Waals surface area (Å²) in [5, 5.41) is 3.91. The molecular formula is C15H18ClNO. The number of nitrogens with one attached hydrogen (secondary N) is 1. The molecule has 1 aromatic rings. The van der Waals surface area contributed by atoms with Crippen molar-refractivity contribution in [3.8, 4) is 0 Å². The molecule has 0 aliphatic heterocycles. The first-order chi connectivity index (χ1) is 8.58. The Balaban J connectivity index is 1.99. The Bertz CT molecular complexity index is 481. The highest BCUT2D eigenvalue weighted by molar-refractivity contribution is 6.30. The molecule has 0 radical (unpaired) electrons. The van der Waals surface area contributed by atoms with Crippen LogP contribution in [0.4, 0.5) is 5.69 Å². The number of hydrogen-bond acceptors (Lipinski definition) is 2. The number of carbonyl (C=O) groups is 1. The van der Waals surface area contributed by atoms with E-state index in [0.29, 0.717) is 10.8 Å². The molecule has 1 N–H and O–H groups in total. The standard InChI is InChI=1S/C15H18ClNO/c1-10-4-6-13(16)9-14(10)17-8-7-12-5-3-11(2)15(12)18/h4,6-9,11-12,17H,3,5H2,1-2H3/b8-7+. The van der Waals surface area contributed by atoms with Gasteiger partial charge in [-0.2, -0.15) is 0 Å². The topological polar surface area (TPSA) is 29.1 Å². The minimum atomic E-state index is 0.0759. The van der Waals surface area contributed by atoms with E-state index in [4.69, 9.17) is 11.6 Å². The van der Waals surface area contributed by atoms with Crippen molar-refractivity contribution in [2.45, 2.75) is 26.7 Å². The van der Waals surface area contributed by atoms with Gasteiger partial charge in [0.05, 0.1) is 0 Å². The Hall–Kier alpha value is -1.28. The number of hydrogen-bond donors (Lipinski definition) is 1. The van der Waals surface area contributed by atoms with E-state index < -0.39 is 0 Å². The molecule has 0 aromatic heterocycles. The van der Waals surface area contributed by atoms with Crippen LogP contribution in [0.2, 0.25) is 5.02 Å². The molecule has 3 heteroatoms. The number of benzene rings is 1. The number of Topliss-reactive ketones (excluding diaryl/α,β-unsaturated/α-hetero) is 1. The lowest BCUT2D eigenvalue weighted by Gasteiger charge is -2.07.